The molecule has 0 spiro atoms. The Morgan fingerprint density at radius 3 is 2.52 bits per heavy atom. The van der Waals surface area contributed by atoms with Gasteiger partial charge in [-0.1, -0.05) is 12.1 Å². The van der Waals surface area contributed by atoms with E-state index in [9.17, 15) is 17.6 Å². The van der Waals surface area contributed by atoms with E-state index in [0.29, 0.717) is 16.8 Å². The number of aromatic amines is 1. The number of hydrogen-bond acceptors (Lipinski definition) is 6. The molecule has 0 bridgehead atoms. The first kappa shape index (κ1) is 22.1. The van der Waals surface area contributed by atoms with Crippen LogP contribution in [0, 0.1) is 5.82 Å². The molecule has 2 heterocycles. The lowest BCUT2D eigenvalue weighted by atomic mass is 10.1. The highest BCUT2D eigenvalue weighted by molar-refractivity contribution is 7.90. The Morgan fingerprint density at radius 1 is 1.12 bits per heavy atom. The van der Waals surface area contributed by atoms with E-state index in [1.807, 2.05) is 0 Å². The Balaban J connectivity index is 1.42. The highest BCUT2D eigenvalue weighted by atomic mass is 32.2. The molecule has 2 N–H and O–H groups in total. The van der Waals surface area contributed by atoms with Crippen molar-refractivity contribution in [1.82, 2.24) is 25.2 Å². The number of amides is 1. The molecule has 0 fully saturated rings. The van der Waals surface area contributed by atoms with Gasteiger partial charge < -0.3 is 5.32 Å². The van der Waals surface area contributed by atoms with Gasteiger partial charge in [0.05, 0.1) is 23.8 Å². The highest BCUT2D eigenvalue weighted by Crippen LogP contribution is 2.24. The summed E-state index contributed by atoms with van der Waals surface area (Å²) >= 11 is 0. The zero-order valence-corrected chi connectivity index (χ0v) is 18.3. The largest absolute Gasteiger partial charge is 0.323 e. The van der Waals surface area contributed by atoms with Gasteiger partial charge >= 0.3 is 0 Å². The number of H-pyrrole nitrogens is 1. The first-order valence-corrected chi connectivity index (χ1v) is 11.4. The molecule has 0 aliphatic heterocycles. The molecular formula is C22H19FN6O3S. The maximum Gasteiger partial charge on any atom is 0.248 e. The van der Waals surface area contributed by atoms with Crippen molar-refractivity contribution in [2.24, 2.45) is 7.05 Å². The molecular weight excluding hydrogens is 447 g/mol. The third kappa shape index (κ3) is 5.21. The van der Waals surface area contributed by atoms with Crippen molar-refractivity contribution in [3.05, 3.63) is 83.9 Å². The third-order valence-electron chi connectivity index (χ3n) is 4.79. The lowest BCUT2D eigenvalue weighted by molar-refractivity contribution is -0.111. The molecule has 0 unspecified atom stereocenters. The topological polar surface area (TPSA) is 123 Å². The highest BCUT2D eigenvalue weighted by Gasteiger charge is 2.18. The number of nitrogens with zero attached hydrogens (tertiary/aromatic N) is 4. The van der Waals surface area contributed by atoms with Crippen molar-refractivity contribution in [3.63, 3.8) is 0 Å². The fourth-order valence-electron chi connectivity index (χ4n) is 3.21. The molecule has 2 aromatic carbocycles. The van der Waals surface area contributed by atoms with Gasteiger partial charge in [0, 0.05) is 29.9 Å². The average Bonchev–Trinajstić information content (AvgIpc) is 3.45. The van der Waals surface area contributed by atoms with Crippen LogP contribution in [-0.2, 0) is 27.4 Å². The number of carbonyl (C=O) groups is 1. The van der Waals surface area contributed by atoms with Gasteiger partial charge in [0.15, 0.2) is 5.03 Å². The maximum absolute atomic E-state index is 13.2. The molecule has 0 aliphatic rings. The summed E-state index contributed by atoms with van der Waals surface area (Å²) in [5, 5.41) is 16.2. The Bertz CT molecular complexity index is 1390. The number of sulfone groups is 1. The van der Waals surface area contributed by atoms with Crippen LogP contribution in [0.4, 0.5) is 10.1 Å². The first-order chi connectivity index (χ1) is 15.8. The number of halogens is 1. The van der Waals surface area contributed by atoms with Crippen LogP contribution in [0.1, 0.15) is 11.1 Å². The molecule has 0 aliphatic carbocycles. The number of nitrogens with one attached hydrogen (secondary N) is 2. The fraction of sp³-hybridized carbons (Fsp3) is 0.0909. The lowest BCUT2D eigenvalue weighted by Crippen LogP contribution is -2.08. The molecule has 33 heavy (non-hydrogen) atoms. The molecule has 9 nitrogen and oxygen atoms in total. The van der Waals surface area contributed by atoms with E-state index in [1.54, 1.807) is 60.4 Å². The summed E-state index contributed by atoms with van der Waals surface area (Å²) in [5.74, 6) is -0.938. The van der Waals surface area contributed by atoms with Crippen molar-refractivity contribution in [2.45, 2.75) is 10.8 Å². The molecule has 0 saturated carbocycles. The molecule has 0 saturated heterocycles. The summed E-state index contributed by atoms with van der Waals surface area (Å²) in [6.45, 7) is 0. The van der Waals surface area contributed by atoms with Gasteiger partial charge in [-0.2, -0.15) is 15.4 Å². The molecule has 168 valence electrons. The second-order valence-corrected chi connectivity index (χ2v) is 9.10. The number of carbonyl (C=O) groups excluding carboxylic acids is 1. The van der Waals surface area contributed by atoms with Crippen LogP contribution in [0.25, 0.3) is 17.3 Å². The normalized spacial score (nSPS) is 11.7. The zero-order valence-electron chi connectivity index (χ0n) is 17.4. The molecule has 0 radical (unpaired) electrons. The monoisotopic (exact) mass is 466 g/mol. The summed E-state index contributed by atoms with van der Waals surface area (Å²) in [7, 11) is -1.84. The van der Waals surface area contributed by atoms with Crippen LogP contribution in [0.15, 0.2) is 72.0 Å². The molecule has 4 aromatic rings. The standard InChI is InChI=1S/C22H19FN6O3S/c1-29-22(16-4-7-18(23)8-5-16)17(12-25-29)6-11-20(30)26-19-9-2-15(3-10-19)14-33(31,32)21-13-24-28-27-21/h2-13H,14H2,1H3,(H,26,30)(H,24,27,28). The minimum atomic E-state index is -3.60. The number of hydrogen-bond donors (Lipinski definition) is 2. The second-order valence-electron chi connectivity index (χ2n) is 7.17. The van der Waals surface area contributed by atoms with Crippen molar-refractivity contribution < 1.29 is 17.6 Å². The Labute approximate surface area is 188 Å². The van der Waals surface area contributed by atoms with Crippen LogP contribution in [0.2, 0.25) is 0 Å². The molecule has 11 heteroatoms. The number of aromatic nitrogens is 5. The molecule has 4 rings (SSSR count). The minimum absolute atomic E-state index is 0.125. The number of anilines is 1. The Morgan fingerprint density at radius 2 is 1.85 bits per heavy atom. The van der Waals surface area contributed by atoms with E-state index in [2.05, 4.69) is 25.8 Å². The van der Waals surface area contributed by atoms with E-state index in [4.69, 9.17) is 0 Å². The van der Waals surface area contributed by atoms with E-state index in [1.165, 1.54) is 18.2 Å². The van der Waals surface area contributed by atoms with Gasteiger partial charge in [0.1, 0.15) is 5.82 Å². The quantitative estimate of drug-likeness (QED) is 0.404. The fourth-order valence-corrected chi connectivity index (χ4v) is 4.38. The van der Waals surface area contributed by atoms with E-state index >= 15 is 0 Å². The van der Waals surface area contributed by atoms with E-state index in [0.717, 1.165) is 17.5 Å². The SMILES string of the molecule is Cn1ncc(C=CC(=O)Nc2ccc(CS(=O)(=O)c3cn[nH]n3)cc2)c1-c1ccc(F)cc1. The van der Waals surface area contributed by atoms with Crippen molar-refractivity contribution >= 4 is 27.5 Å². The first-order valence-electron chi connectivity index (χ1n) is 9.76. The van der Waals surface area contributed by atoms with Gasteiger partial charge in [0.2, 0.25) is 15.7 Å². The minimum Gasteiger partial charge on any atom is -0.323 e. The van der Waals surface area contributed by atoms with Crippen LogP contribution in [0.5, 0.6) is 0 Å². The molecule has 1 amide bonds. The number of benzene rings is 2. The zero-order chi connectivity index (χ0) is 23.4. The summed E-state index contributed by atoms with van der Waals surface area (Å²) in [4.78, 5) is 12.4. The summed E-state index contributed by atoms with van der Waals surface area (Å²) in [6.07, 6.45) is 5.76. The summed E-state index contributed by atoms with van der Waals surface area (Å²) < 4.78 is 39.4. The Kier molecular flexibility index (Phi) is 6.13. The van der Waals surface area contributed by atoms with Gasteiger partial charge in [-0.3, -0.25) is 9.48 Å². The number of rotatable bonds is 7. The van der Waals surface area contributed by atoms with Gasteiger partial charge in [-0.05, 0) is 48.0 Å². The maximum atomic E-state index is 13.2. The van der Waals surface area contributed by atoms with E-state index in [-0.39, 0.29) is 22.5 Å². The van der Waals surface area contributed by atoms with Crippen LogP contribution >= 0.6 is 0 Å². The third-order valence-corrected chi connectivity index (χ3v) is 6.34. The smallest absolute Gasteiger partial charge is 0.248 e. The van der Waals surface area contributed by atoms with E-state index < -0.39 is 9.84 Å². The van der Waals surface area contributed by atoms with Gasteiger partial charge in [0.25, 0.3) is 0 Å². The van der Waals surface area contributed by atoms with Crippen molar-refractivity contribution in [2.75, 3.05) is 5.32 Å². The van der Waals surface area contributed by atoms with Crippen LogP contribution in [0.3, 0.4) is 0 Å². The van der Waals surface area contributed by atoms with Gasteiger partial charge in [-0.25, -0.2) is 12.8 Å². The second kappa shape index (κ2) is 9.17. The van der Waals surface area contributed by atoms with Crippen molar-refractivity contribution in [1.29, 1.82) is 0 Å². The number of aryl methyl sites for hydroxylation is 1. The molecule has 0 atom stereocenters. The summed E-state index contributed by atoms with van der Waals surface area (Å²) in [5.41, 5.74) is 3.28. The van der Waals surface area contributed by atoms with Crippen LogP contribution < -0.4 is 5.32 Å². The molecule has 2 aromatic heterocycles. The van der Waals surface area contributed by atoms with Crippen molar-refractivity contribution in [3.8, 4) is 11.3 Å². The van der Waals surface area contributed by atoms with Gasteiger partial charge in [-0.15, -0.1) is 5.10 Å². The average molecular weight is 466 g/mol. The van der Waals surface area contributed by atoms with Crippen LogP contribution in [-0.4, -0.2) is 39.5 Å². The summed E-state index contributed by atoms with van der Waals surface area (Å²) in [6, 6.07) is 12.5. The predicted octanol–water partition coefficient (Wildman–Crippen LogP) is 2.97. The Hall–Kier alpha value is -4.12. The lowest BCUT2D eigenvalue weighted by Gasteiger charge is -2.06. The predicted molar refractivity (Wildman–Crippen MR) is 120 cm³/mol.